The van der Waals surface area contributed by atoms with E-state index < -0.39 is 50.0 Å². The molecular formula is C10H11F5O2. The highest BCUT2D eigenvalue weighted by molar-refractivity contribution is 6.01. The van der Waals surface area contributed by atoms with Crippen LogP contribution in [0.5, 0.6) is 0 Å². The molecule has 0 aromatic heterocycles. The fourth-order valence-corrected chi connectivity index (χ4v) is 1.39. The maximum atomic E-state index is 12.8. The lowest BCUT2D eigenvalue weighted by atomic mass is 9.64. The fraction of sp³-hybridized carbons (Fsp3) is 0.700. The van der Waals surface area contributed by atoms with E-state index in [-0.39, 0.29) is 6.08 Å². The van der Waals surface area contributed by atoms with Crippen molar-refractivity contribution < 1.29 is 31.5 Å². The minimum absolute atomic E-state index is 0.120. The molecule has 0 radical (unpaired) electrons. The first-order chi connectivity index (χ1) is 8.03. The van der Waals surface area contributed by atoms with E-state index in [1.165, 1.54) is 0 Å². The summed E-state index contributed by atoms with van der Waals surface area (Å²) in [5.74, 6) is -0.548. The van der Waals surface area contributed by atoms with Gasteiger partial charge in [-0.2, -0.15) is 0 Å². The summed E-state index contributed by atoms with van der Waals surface area (Å²) in [4.78, 5) is 21.3. The monoisotopic (exact) mass is 258 g/mol. The van der Waals surface area contributed by atoms with Gasteiger partial charge in [-0.15, -0.1) is 0 Å². The zero-order chi connectivity index (χ0) is 13.5. The lowest BCUT2D eigenvalue weighted by molar-refractivity contribution is -0.141. The van der Waals surface area contributed by atoms with Crippen LogP contribution in [0.3, 0.4) is 0 Å². The predicted octanol–water partition coefficient (Wildman–Crippen LogP) is 1.76. The Bertz CT molecular complexity index is 296. The highest BCUT2D eigenvalue weighted by Gasteiger charge is 2.57. The van der Waals surface area contributed by atoms with Crippen LogP contribution >= 0.6 is 0 Å². The number of rotatable bonds is 8. The van der Waals surface area contributed by atoms with Crippen LogP contribution in [0.25, 0.3) is 0 Å². The van der Waals surface area contributed by atoms with Gasteiger partial charge in [0, 0.05) is 0 Å². The van der Waals surface area contributed by atoms with Crippen LogP contribution in [0.4, 0.5) is 22.0 Å². The summed E-state index contributed by atoms with van der Waals surface area (Å²) in [6.45, 7) is -8.89. The van der Waals surface area contributed by atoms with Crippen molar-refractivity contribution >= 4 is 11.7 Å². The molecule has 2 nitrogen and oxygen atoms in total. The largest absolute Gasteiger partial charge is 0.293 e. The van der Waals surface area contributed by atoms with Gasteiger partial charge in [0.15, 0.2) is 5.78 Å². The van der Waals surface area contributed by atoms with E-state index in [1.54, 1.807) is 0 Å². The minimum Gasteiger partial charge on any atom is -0.293 e. The van der Waals surface area contributed by atoms with Gasteiger partial charge < -0.3 is 0 Å². The van der Waals surface area contributed by atoms with Crippen LogP contribution in [0, 0.1) is 10.8 Å². The summed E-state index contributed by atoms with van der Waals surface area (Å²) < 4.78 is 63.8. The highest BCUT2D eigenvalue weighted by Crippen LogP contribution is 2.43. The molecule has 0 aromatic carbocycles. The molecule has 98 valence electrons. The molecule has 0 aliphatic rings. The highest BCUT2D eigenvalue weighted by atomic mass is 19.2. The van der Waals surface area contributed by atoms with Gasteiger partial charge >= 0.3 is 0 Å². The molecule has 17 heavy (non-hydrogen) atoms. The van der Waals surface area contributed by atoms with E-state index in [0.717, 1.165) is 5.94 Å². The molecule has 0 aliphatic carbocycles. The normalized spacial score (nSPS) is 12.1. The predicted molar refractivity (Wildman–Crippen MR) is 50.0 cm³/mol. The molecule has 7 heteroatoms. The number of hydrogen-bond acceptors (Lipinski definition) is 2. The van der Waals surface area contributed by atoms with Crippen molar-refractivity contribution in [2.75, 3.05) is 33.4 Å². The van der Waals surface area contributed by atoms with Crippen LogP contribution in [-0.4, -0.2) is 45.1 Å². The van der Waals surface area contributed by atoms with Crippen LogP contribution in [0.15, 0.2) is 6.08 Å². The van der Waals surface area contributed by atoms with Crippen molar-refractivity contribution in [1.29, 1.82) is 0 Å². The van der Waals surface area contributed by atoms with E-state index in [9.17, 15) is 31.5 Å². The summed E-state index contributed by atoms with van der Waals surface area (Å²) in [5.41, 5.74) is -5.61. The first-order valence-corrected chi connectivity index (χ1v) is 4.59. The maximum Gasteiger partial charge on any atom is 0.178 e. The zero-order valence-electron chi connectivity index (χ0n) is 8.82. The number of alkyl halides is 5. The summed E-state index contributed by atoms with van der Waals surface area (Å²) in [5, 5.41) is 0. The number of ketones is 1. The Kier molecular flexibility index (Phi) is 6.02. The SMILES string of the molecule is O=C=CC(=O)C(CF)(CF)C(CF)(CF)CF. The van der Waals surface area contributed by atoms with Gasteiger partial charge in [0.05, 0.1) is 11.5 Å². The maximum absolute atomic E-state index is 12.8. The number of allylic oxidation sites excluding steroid dienone is 1. The Labute approximate surface area is 94.5 Å². The van der Waals surface area contributed by atoms with Crippen molar-refractivity contribution in [1.82, 2.24) is 0 Å². The molecule has 0 amide bonds. The van der Waals surface area contributed by atoms with Crippen LogP contribution in [-0.2, 0) is 9.59 Å². The average Bonchev–Trinajstić information content (AvgIpc) is 2.36. The van der Waals surface area contributed by atoms with E-state index in [4.69, 9.17) is 0 Å². The van der Waals surface area contributed by atoms with Crippen molar-refractivity contribution in [3.05, 3.63) is 6.08 Å². The summed E-state index contributed by atoms with van der Waals surface area (Å²) in [7, 11) is 0. The van der Waals surface area contributed by atoms with Crippen LogP contribution in [0.2, 0.25) is 0 Å². The van der Waals surface area contributed by atoms with Crippen LogP contribution in [0.1, 0.15) is 0 Å². The lowest BCUT2D eigenvalue weighted by Gasteiger charge is -2.40. The van der Waals surface area contributed by atoms with E-state index in [1.807, 2.05) is 0 Å². The molecule has 0 saturated heterocycles. The van der Waals surface area contributed by atoms with Gasteiger partial charge in [-0.05, 0) is 0 Å². The van der Waals surface area contributed by atoms with Crippen molar-refractivity contribution in [2.24, 2.45) is 10.8 Å². The van der Waals surface area contributed by atoms with Crippen LogP contribution < -0.4 is 0 Å². The molecule has 0 spiro atoms. The van der Waals surface area contributed by atoms with Gasteiger partial charge in [-0.1, -0.05) is 0 Å². The lowest BCUT2D eigenvalue weighted by Crippen LogP contribution is -2.55. The van der Waals surface area contributed by atoms with E-state index in [2.05, 4.69) is 0 Å². The molecule has 0 saturated carbocycles. The molecule has 0 bridgehead atoms. The fourth-order valence-electron chi connectivity index (χ4n) is 1.39. The molecule has 0 aliphatic heterocycles. The Morgan fingerprint density at radius 2 is 1.35 bits per heavy atom. The second-order valence-corrected chi connectivity index (χ2v) is 3.66. The number of hydrogen-bond donors (Lipinski definition) is 0. The first-order valence-electron chi connectivity index (χ1n) is 4.59. The Morgan fingerprint density at radius 3 is 1.59 bits per heavy atom. The first kappa shape index (κ1) is 15.8. The third kappa shape index (κ3) is 2.39. The zero-order valence-corrected chi connectivity index (χ0v) is 8.82. The smallest absolute Gasteiger partial charge is 0.178 e. The van der Waals surface area contributed by atoms with Gasteiger partial charge in [0.2, 0.25) is 0 Å². The number of carbonyl (C=O) groups excluding carboxylic acids is 2. The van der Waals surface area contributed by atoms with Crippen molar-refractivity contribution in [3.63, 3.8) is 0 Å². The van der Waals surface area contributed by atoms with Gasteiger partial charge in [0.25, 0.3) is 0 Å². The summed E-state index contributed by atoms with van der Waals surface area (Å²) in [6.07, 6.45) is 0.120. The van der Waals surface area contributed by atoms with Gasteiger partial charge in [-0.25, -0.2) is 13.6 Å². The molecule has 0 fully saturated rings. The molecule has 0 heterocycles. The van der Waals surface area contributed by atoms with E-state index in [0.29, 0.717) is 0 Å². The quantitative estimate of drug-likeness (QED) is 0.378. The van der Waals surface area contributed by atoms with Crippen molar-refractivity contribution in [3.8, 4) is 0 Å². The average molecular weight is 258 g/mol. The van der Waals surface area contributed by atoms with Crippen molar-refractivity contribution in [2.45, 2.75) is 0 Å². The second kappa shape index (κ2) is 6.49. The molecular weight excluding hydrogens is 247 g/mol. The second-order valence-electron chi connectivity index (χ2n) is 3.66. The third-order valence-electron chi connectivity index (χ3n) is 2.90. The number of halogens is 5. The Balaban J connectivity index is 5.74. The molecule has 0 aromatic rings. The molecule has 0 unspecified atom stereocenters. The van der Waals surface area contributed by atoms with Gasteiger partial charge in [0.1, 0.15) is 44.7 Å². The molecule has 0 atom stereocenters. The van der Waals surface area contributed by atoms with E-state index >= 15 is 0 Å². The number of carbonyl (C=O) groups is 1. The van der Waals surface area contributed by atoms with Gasteiger partial charge in [-0.3, -0.25) is 18.0 Å². The Morgan fingerprint density at radius 1 is 0.941 bits per heavy atom. The third-order valence-corrected chi connectivity index (χ3v) is 2.90. The summed E-state index contributed by atoms with van der Waals surface area (Å²) in [6, 6.07) is 0. The Hall–Kier alpha value is -1.23. The molecule has 0 rings (SSSR count). The topological polar surface area (TPSA) is 34.1 Å². The standard InChI is InChI=1S/C10H11F5O2/c11-3-9(4-12,5-13)10(6-14,7-15)8(17)1-2-16/h1H,3-7H2. The molecule has 0 N–H and O–H groups in total. The summed E-state index contributed by atoms with van der Waals surface area (Å²) >= 11 is 0. The minimum atomic E-state index is -2.86.